The van der Waals surface area contributed by atoms with Crippen molar-refractivity contribution in [2.45, 2.75) is 19.3 Å². The molecule has 0 spiro atoms. The van der Waals surface area contributed by atoms with Crippen molar-refractivity contribution in [3.05, 3.63) is 88.9 Å². The van der Waals surface area contributed by atoms with Crippen LogP contribution in [0.4, 0.5) is 36.4 Å². The van der Waals surface area contributed by atoms with E-state index in [0.29, 0.717) is 5.52 Å². The van der Waals surface area contributed by atoms with Crippen LogP contribution in [0, 0.1) is 5.82 Å². The number of halogens is 7. The van der Waals surface area contributed by atoms with Crippen molar-refractivity contribution >= 4 is 34.3 Å². The smallest absolute Gasteiger partial charge is 0.420 e. The highest BCUT2D eigenvalue weighted by Crippen LogP contribution is 2.47. The van der Waals surface area contributed by atoms with E-state index in [-0.39, 0.29) is 35.3 Å². The molecule has 41 heavy (non-hydrogen) atoms. The maximum atomic E-state index is 14.0. The molecule has 0 bridgehead atoms. The van der Waals surface area contributed by atoms with Crippen LogP contribution >= 0.6 is 0 Å². The molecule has 2 N–H and O–H groups in total. The van der Waals surface area contributed by atoms with Gasteiger partial charge in [-0.15, -0.1) is 0 Å². The molecule has 0 fully saturated rings. The Morgan fingerprint density at radius 2 is 1.49 bits per heavy atom. The number of carbonyl (C=O) groups excluding carboxylic acids is 3. The van der Waals surface area contributed by atoms with E-state index >= 15 is 0 Å². The Balaban J connectivity index is 1.79. The monoisotopic (exact) mass is 582 g/mol. The van der Waals surface area contributed by atoms with Gasteiger partial charge in [0.2, 0.25) is 0 Å². The zero-order valence-electron chi connectivity index (χ0n) is 20.7. The van der Waals surface area contributed by atoms with Gasteiger partial charge in [0.1, 0.15) is 22.7 Å². The fourth-order valence-electron chi connectivity index (χ4n) is 3.84. The summed E-state index contributed by atoms with van der Waals surface area (Å²) in [4.78, 5) is 39.1. The summed E-state index contributed by atoms with van der Waals surface area (Å²) >= 11 is 0. The Bertz CT molecular complexity index is 1610. The van der Waals surface area contributed by atoms with Crippen LogP contribution in [0.2, 0.25) is 0 Å². The third-order valence-corrected chi connectivity index (χ3v) is 5.64. The number of H-pyrrole nitrogens is 1. The number of fused-ring (bicyclic) bond motifs is 1. The van der Waals surface area contributed by atoms with Gasteiger partial charge < -0.3 is 19.8 Å². The van der Waals surface area contributed by atoms with Gasteiger partial charge in [-0.3, -0.25) is 9.59 Å². The lowest BCUT2D eigenvalue weighted by atomic mass is 10.0. The first-order valence-electron chi connectivity index (χ1n) is 11.6. The van der Waals surface area contributed by atoms with Gasteiger partial charge in [-0.1, -0.05) is 0 Å². The van der Waals surface area contributed by atoms with Gasteiger partial charge in [-0.2, -0.15) is 26.3 Å². The number of amides is 1. The molecular formula is C27H17F7N2O5. The molecule has 1 heterocycles. The summed E-state index contributed by atoms with van der Waals surface area (Å²) in [7, 11) is 0. The van der Waals surface area contributed by atoms with Crippen molar-refractivity contribution in [1.82, 2.24) is 4.98 Å². The number of hydrogen-bond acceptors (Lipinski definition) is 5. The summed E-state index contributed by atoms with van der Waals surface area (Å²) in [6.07, 6.45) is -9.52. The second-order valence-electron chi connectivity index (χ2n) is 8.42. The van der Waals surface area contributed by atoms with Gasteiger partial charge in [0.05, 0.1) is 6.61 Å². The summed E-state index contributed by atoms with van der Waals surface area (Å²) in [6.45, 7) is 1.08. The Kier molecular flexibility index (Phi) is 7.77. The summed E-state index contributed by atoms with van der Waals surface area (Å²) in [5.41, 5.74) is -4.39. The zero-order valence-corrected chi connectivity index (χ0v) is 20.7. The zero-order chi connectivity index (χ0) is 30.1. The number of ether oxygens (including phenoxy) is 2. The topological polar surface area (TPSA) is 97.5 Å². The lowest BCUT2D eigenvalue weighted by molar-refractivity contribution is -0.152. The van der Waals surface area contributed by atoms with E-state index in [1.165, 1.54) is 31.3 Å². The van der Waals surface area contributed by atoms with Crippen LogP contribution < -0.4 is 10.1 Å². The number of esters is 1. The number of nitrogens with one attached hydrogen (secondary N) is 2. The van der Waals surface area contributed by atoms with E-state index in [1.54, 1.807) is 5.32 Å². The molecule has 4 aromatic rings. The molecule has 7 nitrogen and oxygen atoms in total. The molecule has 3 aromatic carbocycles. The highest BCUT2D eigenvalue weighted by molar-refractivity contribution is 6.37. The summed E-state index contributed by atoms with van der Waals surface area (Å²) in [5, 5.41) is 1.78. The lowest BCUT2D eigenvalue weighted by Crippen LogP contribution is -2.25. The third-order valence-electron chi connectivity index (χ3n) is 5.64. The van der Waals surface area contributed by atoms with Crippen molar-refractivity contribution in [3.8, 4) is 11.5 Å². The van der Waals surface area contributed by atoms with Gasteiger partial charge in [0.15, 0.2) is 11.5 Å². The minimum absolute atomic E-state index is 0.00109. The Morgan fingerprint density at radius 1 is 0.878 bits per heavy atom. The van der Waals surface area contributed by atoms with Crippen molar-refractivity contribution in [2.75, 3.05) is 11.9 Å². The molecule has 0 atom stereocenters. The normalized spacial score (nSPS) is 11.8. The van der Waals surface area contributed by atoms with Crippen LogP contribution in [-0.4, -0.2) is 29.3 Å². The number of hydrogen-bond donors (Lipinski definition) is 2. The quantitative estimate of drug-likeness (QED) is 0.112. The maximum Gasteiger partial charge on any atom is 0.420 e. The average Bonchev–Trinajstić information content (AvgIpc) is 3.31. The minimum atomic E-state index is -5.40. The van der Waals surface area contributed by atoms with Gasteiger partial charge in [0, 0.05) is 33.9 Å². The Hall–Kier alpha value is -4.88. The van der Waals surface area contributed by atoms with Crippen LogP contribution in [0.3, 0.4) is 0 Å². The summed E-state index contributed by atoms with van der Waals surface area (Å²) in [5.74, 6) is -6.39. The van der Waals surface area contributed by atoms with E-state index in [9.17, 15) is 45.1 Å². The molecule has 1 amide bonds. The van der Waals surface area contributed by atoms with Crippen molar-refractivity contribution in [1.29, 1.82) is 0 Å². The Labute approximate surface area is 225 Å². The number of ketones is 1. The van der Waals surface area contributed by atoms with E-state index in [0.717, 1.165) is 24.3 Å². The van der Waals surface area contributed by atoms with Gasteiger partial charge in [-0.05, 0) is 61.5 Å². The first-order chi connectivity index (χ1) is 19.2. The van der Waals surface area contributed by atoms with Crippen molar-refractivity contribution in [2.24, 2.45) is 0 Å². The van der Waals surface area contributed by atoms with E-state index in [2.05, 4.69) is 9.72 Å². The van der Waals surface area contributed by atoms with Crippen LogP contribution in [0.5, 0.6) is 11.5 Å². The number of rotatable bonds is 6. The molecule has 0 aliphatic heterocycles. The van der Waals surface area contributed by atoms with Crippen LogP contribution in [0.1, 0.15) is 34.0 Å². The second kappa shape index (κ2) is 10.9. The number of aromatic amines is 1. The fraction of sp³-hybridized carbons (Fsp3) is 0.148. The molecule has 0 aliphatic rings. The number of anilines is 1. The van der Waals surface area contributed by atoms with Crippen molar-refractivity contribution in [3.63, 3.8) is 0 Å². The first-order valence-corrected chi connectivity index (χ1v) is 11.6. The molecule has 0 aliphatic carbocycles. The predicted octanol–water partition coefficient (Wildman–Crippen LogP) is 6.87. The molecule has 0 radical (unpaired) electrons. The molecule has 4 rings (SSSR count). The van der Waals surface area contributed by atoms with Crippen LogP contribution in [-0.2, 0) is 26.7 Å². The summed E-state index contributed by atoms with van der Waals surface area (Å²) < 4.78 is 107. The number of benzene rings is 3. The van der Waals surface area contributed by atoms with Gasteiger partial charge in [-0.25, -0.2) is 9.18 Å². The van der Waals surface area contributed by atoms with E-state index in [4.69, 9.17) is 4.74 Å². The molecule has 214 valence electrons. The maximum absolute atomic E-state index is 14.0. The fourth-order valence-corrected chi connectivity index (χ4v) is 3.84. The van der Waals surface area contributed by atoms with Crippen LogP contribution in [0.25, 0.3) is 10.9 Å². The second-order valence-corrected chi connectivity index (χ2v) is 8.42. The van der Waals surface area contributed by atoms with Gasteiger partial charge in [0.25, 0.3) is 0 Å². The predicted molar refractivity (Wildman–Crippen MR) is 130 cm³/mol. The minimum Gasteiger partial charge on any atom is -0.459 e. The van der Waals surface area contributed by atoms with Gasteiger partial charge >= 0.3 is 24.2 Å². The molecular weight excluding hydrogens is 565 g/mol. The number of alkyl halides is 6. The lowest BCUT2D eigenvalue weighted by Gasteiger charge is -2.21. The average molecular weight is 582 g/mol. The largest absolute Gasteiger partial charge is 0.459 e. The highest BCUT2D eigenvalue weighted by Gasteiger charge is 2.43. The van der Waals surface area contributed by atoms with E-state index < -0.39 is 64.1 Å². The third kappa shape index (κ3) is 6.31. The summed E-state index contributed by atoms with van der Waals surface area (Å²) in [6, 6.07) is 8.32. The van der Waals surface area contributed by atoms with Crippen molar-refractivity contribution < 1.29 is 54.6 Å². The molecule has 14 heteroatoms. The number of carbonyl (C=O) groups is 3. The SMILES string of the molecule is CCOC(=O)C(=O)Nc1cc(C(F)(F)F)c(Oc2ccc3[nH]cc(C(=O)c4ccc(F)cc4)c3c2)c(C(F)(F)F)c1. The first kappa shape index (κ1) is 29.1. The molecule has 0 saturated carbocycles. The standard InChI is InChI=1S/C27H17F7N2O5/c1-2-40-25(39)24(38)36-15-9-19(26(29,30)31)23(20(10-15)27(32,33)34)41-16-7-8-21-17(11-16)18(12-35-21)22(37)13-3-5-14(28)6-4-13/h3-12,35H,2H2,1H3,(H,36,38). The Morgan fingerprint density at radius 3 is 2.05 bits per heavy atom. The highest BCUT2D eigenvalue weighted by atomic mass is 19.4. The molecule has 0 unspecified atom stereocenters. The molecule has 0 saturated heterocycles. The molecule has 1 aromatic heterocycles. The number of aromatic nitrogens is 1. The van der Waals surface area contributed by atoms with E-state index in [1.807, 2.05) is 0 Å². The van der Waals surface area contributed by atoms with Crippen LogP contribution in [0.15, 0.2) is 60.8 Å².